The maximum atomic E-state index is 12.2. The summed E-state index contributed by atoms with van der Waals surface area (Å²) in [6, 6.07) is 0. The van der Waals surface area contributed by atoms with Gasteiger partial charge in [0.1, 0.15) is 0 Å². The minimum atomic E-state index is 0. The van der Waals surface area contributed by atoms with Gasteiger partial charge in [0.05, 0.1) is 0 Å². The zero-order chi connectivity index (χ0) is 11.7. The summed E-state index contributed by atoms with van der Waals surface area (Å²) in [5.74, 6) is 2.51. The van der Waals surface area contributed by atoms with E-state index in [1.165, 1.54) is 6.42 Å². The van der Waals surface area contributed by atoms with Crippen molar-refractivity contribution in [2.24, 2.45) is 23.7 Å². The monoisotopic (exact) mass is 260 g/mol. The van der Waals surface area contributed by atoms with E-state index in [1.807, 2.05) is 0 Å². The van der Waals surface area contributed by atoms with Crippen LogP contribution in [0.2, 0.25) is 0 Å². The van der Waals surface area contributed by atoms with Gasteiger partial charge in [-0.1, -0.05) is 20.8 Å². The van der Waals surface area contributed by atoms with E-state index >= 15 is 0 Å². The molecule has 0 aliphatic carbocycles. The van der Waals surface area contributed by atoms with Gasteiger partial charge < -0.3 is 10.2 Å². The molecule has 2 fully saturated rings. The number of fused-ring (bicyclic) bond motifs is 1. The van der Waals surface area contributed by atoms with Crippen molar-refractivity contribution in [1.29, 1.82) is 0 Å². The van der Waals surface area contributed by atoms with Crippen LogP contribution in [-0.4, -0.2) is 37.0 Å². The number of nitrogens with one attached hydrogen (secondary N) is 1. The fourth-order valence-corrected chi connectivity index (χ4v) is 2.81. The Morgan fingerprint density at radius 2 is 1.88 bits per heavy atom. The molecule has 1 N–H and O–H groups in total. The summed E-state index contributed by atoms with van der Waals surface area (Å²) >= 11 is 0. The van der Waals surface area contributed by atoms with Crippen molar-refractivity contribution < 1.29 is 4.79 Å². The molecule has 4 heteroatoms. The van der Waals surface area contributed by atoms with E-state index < -0.39 is 0 Å². The second-order valence-corrected chi connectivity index (χ2v) is 5.78. The average Bonchev–Trinajstić information content (AvgIpc) is 2.73. The number of nitrogens with zero attached hydrogens (tertiary/aromatic N) is 1. The SMILES string of the molecule is CC(C)C(C)C(=O)N1CCC2CNCC2C1.Cl. The molecule has 3 atom stereocenters. The van der Waals surface area contributed by atoms with Gasteiger partial charge in [0.15, 0.2) is 0 Å². The lowest BCUT2D eigenvalue weighted by molar-refractivity contribution is -0.138. The van der Waals surface area contributed by atoms with Crippen LogP contribution in [0.1, 0.15) is 27.2 Å². The summed E-state index contributed by atoms with van der Waals surface area (Å²) in [4.78, 5) is 14.3. The van der Waals surface area contributed by atoms with Gasteiger partial charge in [-0.25, -0.2) is 0 Å². The first-order valence-electron chi connectivity index (χ1n) is 6.59. The van der Waals surface area contributed by atoms with Gasteiger partial charge in [0.2, 0.25) is 5.91 Å². The number of rotatable bonds is 2. The van der Waals surface area contributed by atoms with E-state index in [2.05, 4.69) is 31.0 Å². The molecule has 0 saturated carbocycles. The molecular weight excluding hydrogens is 236 g/mol. The molecule has 0 aromatic carbocycles. The van der Waals surface area contributed by atoms with E-state index in [-0.39, 0.29) is 18.3 Å². The average molecular weight is 261 g/mol. The van der Waals surface area contributed by atoms with Crippen LogP contribution in [0.5, 0.6) is 0 Å². The maximum absolute atomic E-state index is 12.2. The number of halogens is 1. The number of piperidine rings is 1. The highest BCUT2D eigenvalue weighted by molar-refractivity contribution is 5.85. The second kappa shape index (κ2) is 6.05. The van der Waals surface area contributed by atoms with Crippen molar-refractivity contribution in [3.05, 3.63) is 0 Å². The third-order valence-electron chi connectivity index (χ3n) is 4.41. The van der Waals surface area contributed by atoms with E-state index in [1.54, 1.807) is 0 Å². The normalized spacial score (nSPS) is 29.8. The fraction of sp³-hybridized carbons (Fsp3) is 0.923. The number of hydrogen-bond acceptors (Lipinski definition) is 2. The Morgan fingerprint density at radius 3 is 2.53 bits per heavy atom. The molecule has 2 heterocycles. The maximum Gasteiger partial charge on any atom is 0.225 e. The first-order chi connectivity index (χ1) is 7.59. The number of carbonyl (C=O) groups excluding carboxylic acids is 1. The Kier molecular flexibility index (Phi) is 5.26. The largest absolute Gasteiger partial charge is 0.342 e. The third kappa shape index (κ3) is 3.14. The van der Waals surface area contributed by atoms with Gasteiger partial charge in [-0.15, -0.1) is 12.4 Å². The van der Waals surface area contributed by atoms with Gasteiger partial charge >= 0.3 is 0 Å². The molecule has 0 bridgehead atoms. The molecule has 0 radical (unpaired) electrons. The standard InChI is InChI=1S/C13H24N2O.ClH/c1-9(2)10(3)13(16)15-5-4-11-6-14-7-12(11)8-15;/h9-12,14H,4-8H2,1-3H3;1H. The number of hydrogen-bond donors (Lipinski definition) is 1. The second-order valence-electron chi connectivity index (χ2n) is 5.78. The van der Waals surface area contributed by atoms with Crippen molar-refractivity contribution in [2.45, 2.75) is 27.2 Å². The summed E-state index contributed by atoms with van der Waals surface area (Å²) in [6.07, 6.45) is 1.19. The predicted molar refractivity (Wildman–Crippen MR) is 72.3 cm³/mol. The van der Waals surface area contributed by atoms with Gasteiger partial charge in [-0.05, 0) is 37.3 Å². The number of amides is 1. The fourth-order valence-electron chi connectivity index (χ4n) is 2.81. The molecule has 2 saturated heterocycles. The van der Waals surface area contributed by atoms with Crippen LogP contribution in [0.3, 0.4) is 0 Å². The third-order valence-corrected chi connectivity index (χ3v) is 4.41. The molecule has 2 aliphatic heterocycles. The highest BCUT2D eigenvalue weighted by Gasteiger charge is 2.35. The van der Waals surface area contributed by atoms with E-state index in [0.29, 0.717) is 17.7 Å². The molecule has 2 aliphatic rings. The van der Waals surface area contributed by atoms with Crippen LogP contribution in [0.15, 0.2) is 0 Å². The van der Waals surface area contributed by atoms with Gasteiger partial charge in [0, 0.05) is 19.0 Å². The smallest absolute Gasteiger partial charge is 0.225 e. The lowest BCUT2D eigenvalue weighted by Gasteiger charge is -2.36. The van der Waals surface area contributed by atoms with Crippen LogP contribution in [0.25, 0.3) is 0 Å². The minimum absolute atomic E-state index is 0. The molecule has 3 nitrogen and oxygen atoms in total. The first-order valence-corrected chi connectivity index (χ1v) is 6.59. The number of likely N-dealkylation sites (tertiary alicyclic amines) is 1. The van der Waals surface area contributed by atoms with Crippen molar-refractivity contribution in [3.63, 3.8) is 0 Å². The molecule has 100 valence electrons. The molecule has 2 rings (SSSR count). The van der Waals surface area contributed by atoms with Crippen LogP contribution in [-0.2, 0) is 4.79 Å². The Balaban J connectivity index is 0.00000144. The highest BCUT2D eigenvalue weighted by Crippen LogP contribution is 2.28. The van der Waals surface area contributed by atoms with Crippen molar-refractivity contribution >= 4 is 18.3 Å². The lowest BCUT2D eigenvalue weighted by atomic mass is 9.87. The Morgan fingerprint density at radius 1 is 1.24 bits per heavy atom. The highest BCUT2D eigenvalue weighted by atomic mass is 35.5. The predicted octanol–water partition coefficient (Wildman–Crippen LogP) is 1.77. The van der Waals surface area contributed by atoms with Crippen LogP contribution in [0, 0.1) is 23.7 Å². The van der Waals surface area contributed by atoms with Crippen LogP contribution >= 0.6 is 12.4 Å². The lowest BCUT2D eigenvalue weighted by Crippen LogP contribution is -2.46. The summed E-state index contributed by atoms with van der Waals surface area (Å²) in [5.41, 5.74) is 0. The first kappa shape index (κ1) is 14.8. The topological polar surface area (TPSA) is 32.3 Å². The molecular formula is C13H25ClN2O. The van der Waals surface area contributed by atoms with E-state index in [4.69, 9.17) is 0 Å². The summed E-state index contributed by atoms with van der Waals surface area (Å²) in [6.45, 7) is 10.5. The minimum Gasteiger partial charge on any atom is -0.342 e. The summed E-state index contributed by atoms with van der Waals surface area (Å²) < 4.78 is 0. The Labute approximate surface area is 111 Å². The Bertz CT molecular complexity index is 270. The van der Waals surface area contributed by atoms with Crippen molar-refractivity contribution in [2.75, 3.05) is 26.2 Å². The molecule has 0 aromatic rings. The summed E-state index contributed by atoms with van der Waals surface area (Å²) in [7, 11) is 0. The van der Waals surface area contributed by atoms with Crippen LogP contribution < -0.4 is 5.32 Å². The Hall–Kier alpha value is -0.280. The van der Waals surface area contributed by atoms with Crippen molar-refractivity contribution in [3.8, 4) is 0 Å². The molecule has 3 unspecified atom stereocenters. The van der Waals surface area contributed by atoms with E-state index in [0.717, 1.165) is 32.1 Å². The molecule has 17 heavy (non-hydrogen) atoms. The molecule has 0 spiro atoms. The number of carbonyl (C=O) groups is 1. The van der Waals surface area contributed by atoms with Gasteiger partial charge in [-0.2, -0.15) is 0 Å². The zero-order valence-corrected chi connectivity index (χ0v) is 11.9. The molecule has 0 aromatic heterocycles. The van der Waals surface area contributed by atoms with Gasteiger partial charge in [0.25, 0.3) is 0 Å². The summed E-state index contributed by atoms with van der Waals surface area (Å²) in [5, 5.41) is 3.44. The van der Waals surface area contributed by atoms with Crippen molar-refractivity contribution in [1.82, 2.24) is 10.2 Å². The van der Waals surface area contributed by atoms with E-state index in [9.17, 15) is 4.79 Å². The molecule has 1 amide bonds. The quantitative estimate of drug-likeness (QED) is 0.821. The van der Waals surface area contributed by atoms with Gasteiger partial charge in [-0.3, -0.25) is 4.79 Å². The zero-order valence-electron chi connectivity index (χ0n) is 11.1. The van der Waals surface area contributed by atoms with Crippen LogP contribution in [0.4, 0.5) is 0 Å².